The van der Waals surface area contributed by atoms with Gasteiger partial charge in [-0.1, -0.05) is 6.08 Å². The van der Waals surface area contributed by atoms with Crippen molar-refractivity contribution in [2.24, 2.45) is 0 Å². The van der Waals surface area contributed by atoms with Crippen LogP contribution >= 0.6 is 0 Å². The zero-order chi connectivity index (χ0) is 9.84. The summed E-state index contributed by atoms with van der Waals surface area (Å²) in [5.41, 5.74) is 2.18. The van der Waals surface area contributed by atoms with Gasteiger partial charge in [0.25, 0.3) is 0 Å². The largest absolute Gasteiger partial charge is 0.504 e. The van der Waals surface area contributed by atoms with Crippen molar-refractivity contribution in [2.75, 3.05) is 7.11 Å². The Kier molecular flexibility index (Phi) is 2.96. The van der Waals surface area contributed by atoms with E-state index in [1.807, 2.05) is 19.1 Å². The molecule has 0 aliphatic carbocycles. The van der Waals surface area contributed by atoms with Crippen LogP contribution in [0.4, 0.5) is 0 Å². The molecule has 0 aliphatic heterocycles. The lowest BCUT2D eigenvalue weighted by atomic mass is 10.0. The number of phenolic OH excluding ortho intramolecular Hbond substituents is 1. The van der Waals surface area contributed by atoms with E-state index >= 15 is 0 Å². The Bertz CT molecular complexity index is 316. The number of hydrogen-bond acceptors (Lipinski definition) is 2. The lowest BCUT2D eigenvalue weighted by molar-refractivity contribution is 0.373. The normalized spacial score (nSPS) is 9.69. The van der Waals surface area contributed by atoms with E-state index in [2.05, 4.69) is 6.58 Å². The maximum atomic E-state index is 9.43. The van der Waals surface area contributed by atoms with Gasteiger partial charge in [-0.3, -0.25) is 0 Å². The highest BCUT2D eigenvalue weighted by molar-refractivity contribution is 5.46. The predicted octanol–water partition coefficient (Wildman–Crippen LogP) is 2.44. The first-order valence-corrected chi connectivity index (χ1v) is 4.16. The molecule has 2 heteroatoms. The second kappa shape index (κ2) is 3.99. The third-order valence-corrected chi connectivity index (χ3v) is 2.00. The van der Waals surface area contributed by atoms with Crippen molar-refractivity contribution in [3.8, 4) is 11.5 Å². The zero-order valence-electron chi connectivity index (χ0n) is 8.00. The Labute approximate surface area is 78.5 Å². The van der Waals surface area contributed by atoms with Gasteiger partial charge in [0.05, 0.1) is 7.11 Å². The second-order valence-corrected chi connectivity index (χ2v) is 2.94. The van der Waals surface area contributed by atoms with Crippen LogP contribution in [-0.2, 0) is 6.42 Å². The van der Waals surface area contributed by atoms with Crippen molar-refractivity contribution in [1.29, 1.82) is 0 Å². The predicted molar refractivity (Wildman–Crippen MR) is 53.3 cm³/mol. The standard InChI is InChI=1S/C11H14O2/c1-4-5-9-7-11(13-3)10(12)6-8(9)2/h4,6-7,12H,1,5H2,2-3H3. The molecule has 0 saturated carbocycles. The van der Waals surface area contributed by atoms with Crippen molar-refractivity contribution in [2.45, 2.75) is 13.3 Å². The number of aryl methyl sites for hydroxylation is 1. The monoisotopic (exact) mass is 178 g/mol. The fraction of sp³-hybridized carbons (Fsp3) is 0.273. The fourth-order valence-corrected chi connectivity index (χ4v) is 1.25. The Morgan fingerprint density at radius 3 is 2.77 bits per heavy atom. The Morgan fingerprint density at radius 2 is 2.23 bits per heavy atom. The average Bonchev–Trinajstić information content (AvgIpc) is 2.10. The number of methoxy groups -OCH3 is 1. The molecule has 0 amide bonds. The van der Waals surface area contributed by atoms with Gasteiger partial charge in [0.2, 0.25) is 0 Å². The molecular weight excluding hydrogens is 164 g/mol. The van der Waals surface area contributed by atoms with Crippen LogP contribution in [0.25, 0.3) is 0 Å². The first-order chi connectivity index (χ1) is 6.19. The highest BCUT2D eigenvalue weighted by atomic mass is 16.5. The van der Waals surface area contributed by atoms with Gasteiger partial charge in [-0.05, 0) is 36.6 Å². The Hall–Kier alpha value is -1.44. The number of ether oxygens (including phenoxy) is 1. The number of benzene rings is 1. The van der Waals surface area contributed by atoms with Gasteiger partial charge in [0.1, 0.15) is 0 Å². The summed E-state index contributed by atoms with van der Waals surface area (Å²) in [5, 5.41) is 9.43. The summed E-state index contributed by atoms with van der Waals surface area (Å²) in [6.07, 6.45) is 2.63. The summed E-state index contributed by atoms with van der Waals surface area (Å²) >= 11 is 0. The first kappa shape index (κ1) is 9.65. The molecular formula is C11H14O2. The van der Waals surface area contributed by atoms with Crippen molar-refractivity contribution >= 4 is 0 Å². The summed E-state index contributed by atoms with van der Waals surface area (Å²) in [5.74, 6) is 0.704. The molecule has 0 radical (unpaired) electrons. The van der Waals surface area contributed by atoms with Gasteiger partial charge < -0.3 is 9.84 Å². The molecule has 70 valence electrons. The SMILES string of the molecule is C=CCc1cc(OC)c(O)cc1C. The van der Waals surface area contributed by atoms with Crippen LogP contribution in [0.5, 0.6) is 11.5 Å². The first-order valence-electron chi connectivity index (χ1n) is 4.16. The van der Waals surface area contributed by atoms with Gasteiger partial charge in [-0.15, -0.1) is 6.58 Å². The van der Waals surface area contributed by atoms with Gasteiger partial charge >= 0.3 is 0 Å². The van der Waals surface area contributed by atoms with E-state index in [-0.39, 0.29) is 5.75 Å². The van der Waals surface area contributed by atoms with E-state index in [0.29, 0.717) is 5.75 Å². The molecule has 0 aliphatic rings. The molecule has 0 fully saturated rings. The van der Waals surface area contributed by atoms with Gasteiger partial charge in [0.15, 0.2) is 11.5 Å². The highest BCUT2D eigenvalue weighted by Crippen LogP contribution is 2.29. The summed E-state index contributed by atoms with van der Waals surface area (Å²) in [7, 11) is 1.54. The van der Waals surface area contributed by atoms with Crippen molar-refractivity contribution in [3.05, 3.63) is 35.9 Å². The fourth-order valence-electron chi connectivity index (χ4n) is 1.25. The van der Waals surface area contributed by atoms with Crippen LogP contribution in [0.1, 0.15) is 11.1 Å². The zero-order valence-corrected chi connectivity index (χ0v) is 8.00. The molecule has 0 heterocycles. The highest BCUT2D eigenvalue weighted by Gasteiger charge is 2.05. The molecule has 1 rings (SSSR count). The minimum absolute atomic E-state index is 0.188. The van der Waals surface area contributed by atoms with Crippen molar-refractivity contribution in [3.63, 3.8) is 0 Å². The molecule has 0 saturated heterocycles. The van der Waals surface area contributed by atoms with Gasteiger partial charge in [-0.25, -0.2) is 0 Å². The van der Waals surface area contributed by atoms with E-state index in [0.717, 1.165) is 17.5 Å². The molecule has 1 aromatic rings. The molecule has 1 N–H and O–H groups in total. The summed E-state index contributed by atoms with van der Waals surface area (Å²) in [6.45, 7) is 5.63. The minimum atomic E-state index is 0.188. The molecule has 0 aromatic heterocycles. The third kappa shape index (κ3) is 2.02. The number of rotatable bonds is 3. The van der Waals surface area contributed by atoms with Gasteiger partial charge in [0, 0.05) is 0 Å². The molecule has 1 aromatic carbocycles. The van der Waals surface area contributed by atoms with Gasteiger partial charge in [-0.2, -0.15) is 0 Å². The number of phenols is 1. The maximum Gasteiger partial charge on any atom is 0.160 e. The third-order valence-electron chi connectivity index (χ3n) is 2.00. The average molecular weight is 178 g/mol. The summed E-state index contributed by atoms with van der Waals surface area (Å²) in [6, 6.07) is 3.55. The van der Waals surface area contributed by atoms with Crippen molar-refractivity contribution in [1.82, 2.24) is 0 Å². The summed E-state index contributed by atoms with van der Waals surface area (Å²) < 4.78 is 5.00. The number of allylic oxidation sites excluding steroid dienone is 1. The lowest BCUT2D eigenvalue weighted by Gasteiger charge is -2.08. The quantitative estimate of drug-likeness (QED) is 0.720. The van der Waals surface area contributed by atoms with E-state index in [1.165, 1.54) is 0 Å². The molecule has 0 bridgehead atoms. The minimum Gasteiger partial charge on any atom is -0.504 e. The molecule has 0 spiro atoms. The van der Waals surface area contributed by atoms with Crippen LogP contribution in [0.3, 0.4) is 0 Å². The Balaban J connectivity index is 3.13. The van der Waals surface area contributed by atoms with Crippen LogP contribution < -0.4 is 4.74 Å². The van der Waals surface area contributed by atoms with Crippen LogP contribution in [0.2, 0.25) is 0 Å². The van der Waals surface area contributed by atoms with Crippen LogP contribution in [-0.4, -0.2) is 12.2 Å². The summed E-state index contributed by atoms with van der Waals surface area (Å²) in [4.78, 5) is 0. The topological polar surface area (TPSA) is 29.5 Å². The number of aromatic hydroxyl groups is 1. The molecule has 2 nitrogen and oxygen atoms in total. The number of hydrogen-bond donors (Lipinski definition) is 1. The van der Waals surface area contributed by atoms with Crippen LogP contribution in [0, 0.1) is 6.92 Å². The van der Waals surface area contributed by atoms with E-state index in [1.54, 1.807) is 13.2 Å². The van der Waals surface area contributed by atoms with E-state index in [4.69, 9.17) is 4.74 Å². The van der Waals surface area contributed by atoms with Crippen LogP contribution in [0.15, 0.2) is 24.8 Å². The molecule has 0 unspecified atom stereocenters. The maximum absolute atomic E-state index is 9.43. The van der Waals surface area contributed by atoms with E-state index < -0.39 is 0 Å². The smallest absolute Gasteiger partial charge is 0.160 e. The molecule has 13 heavy (non-hydrogen) atoms. The van der Waals surface area contributed by atoms with Crippen molar-refractivity contribution < 1.29 is 9.84 Å². The molecule has 0 atom stereocenters. The Morgan fingerprint density at radius 1 is 1.54 bits per heavy atom. The van der Waals surface area contributed by atoms with E-state index in [9.17, 15) is 5.11 Å². The lowest BCUT2D eigenvalue weighted by Crippen LogP contribution is -1.90. The second-order valence-electron chi connectivity index (χ2n) is 2.94.